The van der Waals surface area contributed by atoms with Crippen molar-refractivity contribution in [3.8, 4) is 0 Å². The Labute approximate surface area is 139 Å². The summed E-state index contributed by atoms with van der Waals surface area (Å²) in [5, 5.41) is 4.75. The van der Waals surface area contributed by atoms with Crippen molar-refractivity contribution in [1.29, 1.82) is 0 Å². The van der Waals surface area contributed by atoms with Crippen LogP contribution in [0.3, 0.4) is 0 Å². The highest BCUT2D eigenvalue weighted by molar-refractivity contribution is 8.00. The fourth-order valence-corrected chi connectivity index (χ4v) is 3.18. The number of carbonyl (C=O) groups excluding carboxylic acids is 1. The quantitative estimate of drug-likeness (QED) is 0.543. The molecule has 0 aliphatic heterocycles. The van der Waals surface area contributed by atoms with Crippen LogP contribution in [-0.2, 0) is 0 Å². The molecule has 0 fully saturated rings. The van der Waals surface area contributed by atoms with Crippen LogP contribution in [0.1, 0.15) is 34.2 Å². The minimum Gasteiger partial charge on any atom is -0.293 e. The Morgan fingerprint density at radius 2 is 1.83 bits per heavy atom. The van der Waals surface area contributed by atoms with E-state index in [9.17, 15) is 4.79 Å². The van der Waals surface area contributed by atoms with Gasteiger partial charge in [-0.05, 0) is 33.8 Å². The molecule has 0 aliphatic carbocycles. The van der Waals surface area contributed by atoms with Gasteiger partial charge in [0.15, 0.2) is 5.78 Å². The van der Waals surface area contributed by atoms with Crippen LogP contribution in [-0.4, -0.2) is 30.6 Å². The van der Waals surface area contributed by atoms with E-state index in [1.54, 1.807) is 4.52 Å². The third-order valence-electron chi connectivity index (χ3n) is 3.59. The summed E-state index contributed by atoms with van der Waals surface area (Å²) in [6.07, 6.45) is 0. The molecular weight excluding hydrogens is 308 g/mol. The molecule has 2 heterocycles. The fourth-order valence-electron chi connectivity index (χ4n) is 2.36. The van der Waals surface area contributed by atoms with E-state index in [0.29, 0.717) is 16.5 Å². The minimum atomic E-state index is -0.253. The molecule has 118 valence electrons. The first-order valence-corrected chi connectivity index (χ1v) is 8.30. The smallest absolute Gasteiger partial charge is 0.253 e. The maximum absolute atomic E-state index is 12.5. The van der Waals surface area contributed by atoms with E-state index >= 15 is 0 Å². The van der Waals surface area contributed by atoms with Crippen LogP contribution in [0.4, 0.5) is 0 Å². The van der Waals surface area contributed by atoms with Gasteiger partial charge in [0.1, 0.15) is 0 Å². The van der Waals surface area contributed by atoms with Gasteiger partial charge in [0.05, 0.1) is 5.25 Å². The van der Waals surface area contributed by atoms with Gasteiger partial charge in [-0.15, -0.1) is 5.10 Å². The van der Waals surface area contributed by atoms with E-state index in [4.69, 9.17) is 0 Å². The number of benzene rings is 1. The average molecular weight is 326 g/mol. The molecule has 0 saturated heterocycles. The Hall–Kier alpha value is -2.21. The summed E-state index contributed by atoms with van der Waals surface area (Å²) in [5.74, 6) is 0.648. The number of hydrogen-bond donors (Lipinski definition) is 0. The van der Waals surface area contributed by atoms with Crippen molar-refractivity contribution in [2.75, 3.05) is 0 Å². The first-order chi connectivity index (χ1) is 10.9. The molecule has 0 bridgehead atoms. The lowest BCUT2D eigenvalue weighted by molar-refractivity contribution is 0.0994. The van der Waals surface area contributed by atoms with Crippen LogP contribution in [0.15, 0.2) is 35.5 Å². The number of rotatable bonds is 4. The van der Waals surface area contributed by atoms with Gasteiger partial charge in [0.25, 0.3) is 5.78 Å². The van der Waals surface area contributed by atoms with Crippen molar-refractivity contribution in [3.63, 3.8) is 0 Å². The first-order valence-electron chi connectivity index (χ1n) is 7.42. The SMILES string of the molecule is Cc1ccc(C(=O)[C@@H](C)Sc2nc3nc(C)cc(C)n3n2)cc1. The van der Waals surface area contributed by atoms with E-state index in [1.807, 2.05) is 58.0 Å². The predicted octanol–water partition coefficient (Wildman–Crippen LogP) is 3.41. The number of hydrogen-bond acceptors (Lipinski definition) is 5. The molecule has 1 atom stereocenters. The molecular formula is C17H18N4OS. The summed E-state index contributed by atoms with van der Waals surface area (Å²) in [6.45, 7) is 7.78. The Morgan fingerprint density at radius 3 is 2.52 bits per heavy atom. The first kappa shape index (κ1) is 15.7. The van der Waals surface area contributed by atoms with Crippen LogP contribution in [0.25, 0.3) is 5.78 Å². The number of nitrogens with zero attached hydrogens (tertiary/aromatic N) is 4. The maximum Gasteiger partial charge on any atom is 0.253 e. The van der Waals surface area contributed by atoms with Gasteiger partial charge >= 0.3 is 0 Å². The third kappa shape index (κ3) is 3.27. The lowest BCUT2D eigenvalue weighted by Crippen LogP contribution is -2.13. The standard InChI is InChI=1S/C17H18N4OS/c1-10-5-7-14(8-6-10)15(22)13(4)23-17-19-16-18-11(2)9-12(3)21(16)20-17/h5-9,13H,1-4H3/t13-/m1/s1. The highest BCUT2D eigenvalue weighted by Gasteiger charge is 2.19. The van der Waals surface area contributed by atoms with Crippen LogP contribution in [0.2, 0.25) is 0 Å². The summed E-state index contributed by atoms with van der Waals surface area (Å²) in [4.78, 5) is 21.3. The molecule has 2 aromatic heterocycles. The van der Waals surface area contributed by atoms with Crippen molar-refractivity contribution < 1.29 is 4.79 Å². The zero-order chi connectivity index (χ0) is 16.6. The Bertz CT molecular complexity index is 870. The van der Waals surface area contributed by atoms with Crippen molar-refractivity contribution in [2.24, 2.45) is 0 Å². The monoisotopic (exact) mass is 326 g/mol. The molecule has 0 radical (unpaired) electrons. The van der Waals surface area contributed by atoms with Crippen LogP contribution in [0.5, 0.6) is 0 Å². The number of fused-ring (bicyclic) bond motifs is 1. The van der Waals surface area contributed by atoms with Crippen molar-refractivity contribution in [2.45, 2.75) is 38.1 Å². The van der Waals surface area contributed by atoms with Crippen molar-refractivity contribution >= 4 is 23.3 Å². The Balaban J connectivity index is 1.82. The lowest BCUT2D eigenvalue weighted by atomic mass is 10.1. The molecule has 23 heavy (non-hydrogen) atoms. The molecule has 0 N–H and O–H groups in total. The van der Waals surface area contributed by atoms with Crippen LogP contribution >= 0.6 is 11.8 Å². The van der Waals surface area contributed by atoms with Gasteiger partial charge in [-0.1, -0.05) is 41.6 Å². The summed E-state index contributed by atoms with van der Waals surface area (Å²) in [5.41, 5.74) is 3.73. The van der Waals surface area contributed by atoms with E-state index in [1.165, 1.54) is 11.8 Å². The summed E-state index contributed by atoms with van der Waals surface area (Å²) in [6, 6.07) is 9.58. The fraction of sp³-hybridized carbons (Fsp3) is 0.294. The average Bonchev–Trinajstić information content (AvgIpc) is 2.90. The van der Waals surface area contributed by atoms with Crippen molar-refractivity contribution in [3.05, 3.63) is 52.8 Å². The van der Waals surface area contributed by atoms with Gasteiger partial charge in [0, 0.05) is 17.0 Å². The summed E-state index contributed by atoms with van der Waals surface area (Å²) < 4.78 is 1.71. The van der Waals surface area contributed by atoms with E-state index in [2.05, 4.69) is 15.1 Å². The zero-order valence-corrected chi connectivity index (χ0v) is 14.4. The molecule has 0 amide bonds. The van der Waals surface area contributed by atoms with E-state index in [-0.39, 0.29) is 11.0 Å². The molecule has 0 aliphatic rings. The second-order valence-electron chi connectivity index (χ2n) is 5.64. The largest absolute Gasteiger partial charge is 0.293 e. The number of ketones is 1. The molecule has 0 saturated carbocycles. The number of carbonyl (C=O) groups is 1. The number of aryl methyl sites for hydroxylation is 3. The van der Waals surface area contributed by atoms with E-state index < -0.39 is 0 Å². The predicted molar refractivity (Wildman–Crippen MR) is 91.1 cm³/mol. The van der Waals surface area contributed by atoms with Gasteiger partial charge < -0.3 is 0 Å². The summed E-state index contributed by atoms with van der Waals surface area (Å²) >= 11 is 1.36. The molecule has 0 spiro atoms. The highest BCUT2D eigenvalue weighted by atomic mass is 32.2. The molecule has 1 aromatic carbocycles. The number of Topliss-reactive ketones (excluding diaryl/α,β-unsaturated/α-hetero) is 1. The molecule has 0 unspecified atom stereocenters. The summed E-state index contributed by atoms with van der Waals surface area (Å²) in [7, 11) is 0. The number of thioether (sulfide) groups is 1. The molecule has 5 nitrogen and oxygen atoms in total. The molecule has 3 rings (SSSR count). The Kier molecular flexibility index (Phi) is 4.17. The topological polar surface area (TPSA) is 60.2 Å². The van der Waals surface area contributed by atoms with E-state index in [0.717, 1.165) is 17.0 Å². The van der Waals surface area contributed by atoms with Crippen molar-refractivity contribution in [1.82, 2.24) is 19.6 Å². The van der Waals surface area contributed by atoms with Gasteiger partial charge in [-0.25, -0.2) is 9.50 Å². The molecule has 3 aromatic rings. The third-order valence-corrected chi connectivity index (χ3v) is 4.54. The van der Waals surface area contributed by atoms with Gasteiger partial charge in [-0.3, -0.25) is 4.79 Å². The lowest BCUT2D eigenvalue weighted by Gasteiger charge is -2.07. The maximum atomic E-state index is 12.5. The Morgan fingerprint density at radius 1 is 1.13 bits per heavy atom. The second kappa shape index (κ2) is 6.12. The van der Waals surface area contributed by atoms with Crippen LogP contribution in [0, 0.1) is 20.8 Å². The molecule has 6 heteroatoms. The highest BCUT2D eigenvalue weighted by Crippen LogP contribution is 2.23. The second-order valence-corrected chi connectivity index (χ2v) is 6.94. The minimum absolute atomic E-state index is 0.0784. The zero-order valence-electron chi connectivity index (χ0n) is 13.6. The van der Waals surface area contributed by atoms with Gasteiger partial charge in [0.2, 0.25) is 5.16 Å². The van der Waals surface area contributed by atoms with Crippen LogP contribution < -0.4 is 0 Å². The van der Waals surface area contributed by atoms with Gasteiger partial charge in [-0.2, -0.15) is 4.98 Å². The number of aromatic nitrogens is 4. The normalized spacial score (nSPS) is 12.5.